The Morgan fingerprint density at radius 2 is 1.77 bits per heavy atom. The highest BCUT2D eigenvalue weighted by molar-refractivity contribution is 5.73. The molecule has 2 atom stereocenters. The molecule has 0 amide bonds. The van der Waals surface area contributed by atoms with Gasteiger partial charge in [0.25, 0.3) is 0 Å². The fraction of sp³-hybridized carbons (Fsp3) is 0.889. The van der Waals surface area contributed by atoms with Crippen molar-refractivity contribution in [2.45, 2.75) is 39.3 Å². The zero-order chi connectivity index (χ0) is 10.8. The van der Waals surface area contributed by atoms with Crippen molar-refractivity contribution < 1.29 is 15.0 Å². The Bertz CT molecular complexity index is 184. The molecule has 0 aromatic heterocycles. The molecule has 0 fully saturated rings. The molecule has 0 saturated carbocycles. The van der Waals surface area contributed by atoms with Gasteiger partial charge in [0.1, 0.15) is 6.04 Å². The SMILES string of the molecule is CC(C)C([C@H](N)C(=O)O)C(C)(C)O. The van der Waals surface area contributed by atoms with Crippen molar-refractivity contribution in [3.8, 4) is 0 Å². The van der Waals surface area contributed by atoms with Crippen molar-refractivity contribution >= 4 is 5.97 Å². The molecule has 0 aromatic carbocycles. The van der Waals surface area contributed by atoms with E-state index in [9.17, 15) is 9.90 Å². The second-order valence-corrected chi connectivity index (χ2v) is 4.29. The van der Waals surface area contributed by atoms with Crippen LogP contribution in [0.4, 0.5) is 0 Å². The minimum absolute atomic E-state index is 0.0334. The van der Waals surface area contributed by atoms with E-state index in [2.05, 4.69) is 0 Å². The Labute approximate surface area is 78.7 Å². The molecule has 4 heteroatoms. The molecule has 0 spiro atoms. The highest BCUT2D eigenvalue weighted by Gasteiger charge is 2.37. The number of carboxylic acid groups (broad SMARTS) is 1. The average molecular weight is 189 g/mol. The molecular formula is C9H19NO3. The third-order valence-electron chi connectivity index (χ3n) is 2.21. The minimum atomic E-state index is -1.07. The number of aliphatic hydroxyl groups is 1. The zero-order valence-corrected chi connectivity index (χ0v) is 8.61. The smallest absolute Gasteiger partial charge is 0.320 e. The van der Waals surface area contributed by atoms with E-state index in [0.717, 1.165) is 0 Å². The summed E-state index contributed by atoms with van der Waals surface area (Å²) >= 11 is 0. The zero-order valence-electron chi connectivity index (χ0n) is 8.61. The van der Waals surface area contributed by atoms with Gasteiger partial charge in [0, 0.05) is 5.92 Å². The lowest BCUT2D eigenvalue weighted by Crippen LogP contribution is -2.50. The van der Waals surface area contributed by atoms with E-state index in [4.69, 9.17) is 10.8 Å². The van der Waals surface area contributed by atoms with Crippen LogP contribution in [0.1, 0.15) is 27.7 Å². The summed E-state index contributed by atoms with van der Waals surface area (Å²) < 4.78 is 0. The molecule has 0 aliphatic carbocycles. The van der Waals surface area contributed by atoms with E-state index in [1.807, 2.05) is 13.8 Å². The standard InChI is InChI=1S/C9H19NO3/c1-5(2)6(9(3,4)13)7(10)8(11)12/h5-7,13H,10H2,1-4H3,(H,11,12)/t6?,7-/m0/s1. The summed E-state index contributed by atoms with van der Waals surface area (Å²) in [4.78, 5) is 10.7. The van der Waals surface area contributed by atoms with Crippen LogP contribution in [0.25, 0.3) is 0 Å². The first-order valence-electron chi connectivity index (χ1n) is 4.38. The van der Waals surface area contributed by atoms with Crippen LogP contribution in [0, 0.1) is 11.8 Å². The number of hydrogen-bond acceptors (Lipinski definition) is 3. The van der Waals surface area contributed by atoms with Gasteiger partial charge in [0.05, 0.1) is 5.60 Å². The molecule has 0 aliphatic heterocycles. The molecule has 0 rings (SSSR count). The summed E-state index contributed by atoms with van der Waals surface area (Å²) in [5, 5.41) is 18.5. The lowest BCUT2D eigenvalue weighted by atomic mass is 9.77. The molecule has 78 valence electrons. The summed E-state index contributed by atoms with van der Waals surface area (Å²) in [6.07, 6.45) is 0. The van der Waals surface area contributed by atoms with Gasteiger partial charge in [0.2, 0.25) is 0 Å². The Kier molecular flexibility index (Phi) is 3.88. The molecule has 0 aliphatic rings. The molecule has 0 radical (unpaired) electrons. The van der Waals surface area contributed by atoms with E-state index in [0.29, 0.717) is 0 Å². The Hall–Kier alpha value is -0.610. The number of nitrogens with two attached hydrogens (primary N) is 1. The summed E-state index contributed by atoms with van der Waals surface area (Å²) in [5.41, 5.74) is 4.42. The highest BCUT2D eigenvalue weighted by atomic mass is 16.4. The Morgan fingerprint density at radius 1 is 1.38 bits per heavy atom. The highest BCUT2D eigenvalue weighted by Crippen LogP contribution is 2.26. The fourth-order valence-corrected chi connectivity index (χ4v) is 1.82. The van der Waals surface area contributed by atoms with Gasteiger partial charge in [-0.05, 0) is 19.8 Å². The molecule has 0 aromatic rings. The van der Waals surface area contributed by atoms with Gasteiger partial charge >= 0.3 is 5.97 Å². The van der Waals surface area contributed by atoms with E-state index in [1.54, 1.807) is 13.8 Å². The Balaban J connectivity index is 4.72. The van der Waals surface area contributed by atoms with Crippen LogP contribution in [0.3, 0.4) is 0 Å². The summed E-state index contributed by atoms with van der Waals surface area (Å²) in [7, 11) is 0. The molecule has 0 saturated heterocycles. The number of aliphatic carboxylic acids is 1. The topological polar surface area (TPSA) is 83.6 Å². The minimum Gasteiger partial charge on any atom is -0.480 e. The summed E-state index contributed by atoms with van der Waals surface area (Å²) in [6.45, 7) is 6.87. The second kappa shape index (κ2) is 4.07. The van der Waals surface area contributed by atoms with Crippen molar-refractivity contribution in [3.63, 3.8) is 0 Å². The molecule has 13 heavy (non-hydrogen) atoms. The van der Waals surface area contributed by atoms with Crippen LogP contribution >= 0.6 is 0 Å². The maximum absolute atomic E-state index is 10.7. The summed E-state index contributed by atoms with van der Waals surface area (Å²) in [5.74, 6) is -1.48. The lowest BCUT2D eigenvalue weighted by molar-refractivity contribution is -0.144. The van der Waals surface area contributed by atoms with Gasteiger partial charge in [0.15, 0.2) is 0 Å². The molecule has 4 nitrogen and oxygen atoms in total. The number of carboxylic acids is 1. The van der Waals surface area contributed by atoms with Crippen molar-refractivity contribution in [2.75, 3.05) is 0 Å². The van der Waals surface area contributed by atoms with Gasteiger partial charge in [-0.3, -0.25) is 4.79 Å². The monoisotopic (exact) mass is 189 g/mol. The van der Waals surface area contributed by atoms with E-state index in [-0.39, 0.29) is 5.92 Å². The van der Waals surface area contributed by atoms with Gasteiger partial charge in [-0.15, -0.1) is 0 Å². The first-order chi connectivity index (χ1) is 5.68. The quantitative estimate of drug-likeness (QED) is 0.599. The van der Waals surface area contributed by atoms with Gasteiger partial charge in [-0.2, -0.15) is 0 Å². The first kappa shape index (κ1) is 12.4. The molecule has 4 N–H and O–H groups in total. The van der Waals surface area contributed by atoms with Gasteiger partial charge in [-0.25, -0.2) is 0 Å². The fourth-order valence-electron chi connectivity index (χ4n) is 1.82. The van der Waals surface area contributed by atoms with Crippen LogP contribution < -0.4 is 5.73 Å². The first-order valence-corrected chi connectivity index (χ1v) is 4.38. The average Bonchev–Trinajstić information content (AvgIpc) is 1.82. The van der Waals surface area contributed by atoms with Crippen molar-refractivity contribution in [3.05, 3.63) is 0 Å². The third-order valence-corrected chi connectivity index (χ3v) is 2.21. The van der Waals surface area contributed by atoms with Gasteiger partial charge < -0.3 is 15.9 Å². The summed E-state index contributed by atoms with van der Waals surface area (Å²) in [6, 6.07) is -1.01. The van der Waals surface area contributed by atoms with Crippen LogP contribution in [-0.2, 0) is 4.79 Å². The second-order valence-electron chi connectivity index (χ2n) is 4.29. The predicted octanol–water partition coefficient (Wildman–Crippen LogP) is 0.441. The predicted molar refractivity (Wildman–Crippen MR) is 50.2 cm³/mol. The molecule has 1 unspecified atom stereocenters. The maximum atomic E-state index is 10.7. The Morgan fingerprint density at radius 3 is 1.85 bits per heavy atom. The van der Waals surface area contributed by atoms with Crippen molar-refractivity contribution in [1.29, 1.82) is 0 Å². The third kappa shape index (κ3) is 3.32. The molecule has 0 heterocycles. The number of hydrogen-bond donors (Lipinski definition) is 3. The van der Waals surface area contributed by atoms with E-state index < -0.39 is 23.5 Å². The van der Waals surface area contributed by atoms with E-state index in [1.165, 1.54) is 0 Å². The van der Waals surface area contributed by atoms with Gasteiger partial charge in [-0.1, -0.05) is 13.8 Å². The van der Waals surface area contributed by atoms with Crippen LogP contribution in [0.2, 0.25) is 0 Å². The van der Waals surface area contributed by atoms with Crippen LogP contribution in [0.15, 0.2) is 0 Å². The molecular weight excluding hydrogens is 170 g/mol. The normalized spacial score (nSPS) is 17.2. The van der Waals surface area contributed by atoms with Crippen LogP contribution in [0.5, 0.6) is 0 Å². The number of rotatable bonds is 4. The lowest BCUT2D eigenvalue weighted by Gasteiger charge is -2.35. The van der Waals surface area contributed by atoms with Crippen LogP contribution in [-0.4, -0.2) is 27.8 Å². The molecule has 0 bridgehead atoms. The largest absolute Gasteiger partial charge is 0.480 e. The van der Waals surface area contributed by atoms with Crippen molar-refractivity contribution in [2.24, 2.45) is 17.6 Å². The number of carbonyl (C=O) groups is 1. The van der Waals surface area contributed by atoms with Crippen molar-refractivity contribution in [1.82, 2.24) is 0 Å². The maximum Gasteiger partial charge on any atom is 0.320 e. The van der Waals surface area contributed by atoms with E-state index >= 15 is 0 Å².